The fourth-order valence-corrected chi connectivity index (χ4v) is 2.57. The van der Waals surface area contributed by atoms with Crippen molar-refractivity contribution in [3.8, 4) is 0 Å². The van der Waals surface area contributed by atoms with Crippen LogP contribution in [0.25, 0.3) is 0 Å². The molecule has 6 nitrogen and oxygen atoms in total. The number of nitrogens with zero attached hydrogens (tertiary/aromatic N) is 4. The van der Waals surface area contributed by atoms with Crippen LogP contribution in [-0.4, -0.2) is 33.4 Å². The highest BCUT2D eigenvalue weighted by molar-refractivity contribution is 7.91. The summed E-state index contributed by atoms with van der Waals surface area (Å²) < 4.78 is 25.1. The van der Waals surface area contributed by atoms with E-state index in [9.17, 15) is 8.42 Å². The summed E-state index contributed by atoms with van der Waals surface area (Å²) in [5.41, 5.74) is 0. The highest BCUT2D eigenvalue weighted by Gasteiger charge is 2.32. The number of hydrogen-bond donors (Lipinski definition) is 0. The quantitative estimate of drug-likeness (QED) is 0.811. The average molecular weight is 258 g/mol. The number of hydrogen-bond acceptors (Lipinski definition) is 5. The van der Waals surface area contributed by atoms with Gasteiger partial charge < -0.3 is 0 Å². The first-order valence-corrected chi connectivity index (χ1v) is 7.45. The molecule has 1 aliphatic carbocycles. The van der Waals surface area contributed by atoms with Crippen LogP contribution in [0.4, 0.5) is 0 Å². The molecule has 0 aliphatic heterocycles. The van der Waals surface area contributed by atoms with E-state index in [1.807, 2.05) is 0 Å². The molecular formula is C10H18N4O2S. The summed E-state index contributed by atoms with van der Waals surface area (Å²) in [6, 6.07) is 0.287. The minimum Gasteiger partial charge on any atom is -0.228 e. The highest BCUT2D eigenvalue weighted by atomic mass is 32.2. The lowest BCUT2D eigenvalue weighted by Gasteiger charge is -2.26. The van der Waals surface area contributed by atoms with Crippen LogP contribution in [0.5, 0.6) is 0 Å². The Labute approximate surface area is 101 Å². The molecule has 0 N–H and O–H groups in total. The van der Waals surface area contributed by atoms with E-state index < -0.39 is 14.6 Å². The van der Waals surface area contributed by atoms with Crippen LogP contribution < -0.4 is 0 Å². The number of sulfone groups is 1. The van der Waals surface area contributed by atoms with Crippen molar-refractivity contribution in [1.82, 2.24) is 20.2 Å². The van der Waals surface area contributed by atoms with E-state index in [0.717, 1.165) is 19.3 Å². The van der Waals surface area contributed by atoms with Crippen LogP contribution in [0.1, 0.15) is 51.9 Å². The first kappa shape index (κ1) is 12.5. The van der Waals surface area contributed by atoms with Gasteiger partial charge in [0.25, 0.3) is 0 Å². The van der Waals surface area contributed by atoms with Gasteiger partial charge in [-0.15, -0.1) is 5.10 Å². The maximum Gasteiger partial charge on any atom is 0.166 e. The van der Waals surface area contributed by atoms with Gasteiger partial charge in [-0.2, -0.15) is 0 Å². The molecule has 7 heteroatoms. The average Bonchev–Trinajstić information content (AvgIpc) is 2.47. The summed E-state index contributed by atoms with van der Waals surface area (Å²) in [6.07, 6.45) is 3.23. The smallest absolute Gasteiger partial charge is 0.166 e. The van der Waals surface area contributed by atoms with Gasteiger partial charge in [-0.3, -0.25) is 0 Å². The Morgan fingerprint density at radius 2 is 2.00 bits per heavy atom. The second-order valence-electron chi connectivity index (χ2n) is 5.50. The van der Waals surface area contributed by atoms with Crippen molar-refractivity contribution < 1.29 is 8.42 Å². The van der Waals surface area contributed by atoms with E-state index in [1.54, 1.807) is 25.5 Å². The first-order chi connectivity index (χ1) is 7.81. The van der Waals surface area contributed by atoms with Gasteiger partial charge in [0.2, 0.25) is 0 Å². The van der Waals surface area contributed by atoms with Crippen LogP contribution in [-0.2, 0) is 15.6 Å². The van der Waals surface area contributed by atoms with Crippen LogP contribution in [0, 0.1) is 0 Å². The van der Waals surface area contributed by atoms with Gasteiger partial charge in [-0.05, 0) is 50.5 Å². The summed E-state index contributed by atoms with van der Waals surface area (Å²) in [5.74, 6) is 0.379. The van der Waals surface area contributed by atoms with Gasteiger partial charge in [-0.25, -0.2) is 13.1 Å². The van der Waals surface area contributed by atoms with Crippen molar-refractivity contribution in [2.45, 2.75) is 56.6 Å². The van der Waals surface area contributed by atoms with Crippen LogP contribution >= 0.6 is 0 Å². The summed E-state index contributed by atoms with van der Waals surface area (Å²) in [5, 5.41) is 11.3. The number of rotatable bonds is 3. The molecule has 1 aromatic rings. The maximum atomic E-state index is 12.1. The Kier molecular flexibility index (Phi) is 2.97. The van der Waals surface area contributed by atoms with Gasteiger partial charge in [0.15, 0.2) is 15.7 Å². The molecule has 0 saturated heterocycles. The predicted molar refractivity (Wildman–Crippen MR) is 63.1 cm³/mol. The van der Waals surface area contributed by atoms with Crippen molar-refractivity contribution in [2.24, 2.45) is 0 Å². The predicted octanol–water partition coefficient (Wildman–Crippen LogP) is 1.11. The van der Waals surface area contributed by atoms with E-state index >= 15 is 0 Å². The molecule has 1 aliphatic rings. The van der Waals surface area contributed by atoms with E-state index in [2.05, 4.69) is 15.5 Å². The fourth-order valence-electron chi connectivity index (χ4n) is 1.61. The highest BCUT2D eigenvalue weighted by Crippen LogP contribution is 2.32. The first-order valence-electron chi connectivity index (χ1n) is 5.80. The largest absolute Gasteiger partial charge is 0.228 e. The lowest BCUT2D eigenvalue weighted by Crippen LogP contribution is -2.31. The Hall–Kier alpha value is -0.980. The van der Waals surface area contributed by atoms with Crippen LogP contribution in [0.2, 0.25) is 0 Å². The molecule has 1 aromatic heterocycles. The zero-order chi connectivity index (χ0) is 12.7. The second-order valence-corrected chi connectivity index (χ2v) is 8.24. The molecule has 17 heavy (non-hydrogen) atoms. The fraction of sp³-hybridized carbons (Fsp3) is 0.900. The SMILES string of the molecule is CC(C)(C)S(=O)(=O)Cc1nnnn1C1CCC1. The number of tetrazole rings is 1. The summed E-state index contributed by atoms with van der Waals surface area (Å²) in [7, 11) is -3.22. The lowest BCUT2D eigenvalue weighted by molar-refractivity contribution is 0.279. The van der Waals surface area contributed by atoms with Crippen molar-refractivity contribution >= 4 is 9.84 Å². The lowest BCUT2D eigenvalue weighted by atomic mass is 9.93. The molecule has 0 bridgehead atoms. The van der Waals surface area contributed by atoms with Crippen molar-refractivity contribution in [3.05, 3.63) is 5.82 Å². The molecule has 2 rings (SSSR count). The normalized spacial score (nSPS) is 18.1. The van der Waals surface area contributed by atoms with Gasteiger partial charge in [-0.1, -0.05) is 0 Å². The summed E-state index contributed by atoms with van der Waals surface area (Å²) >= 11 is 0. The van der Waals surface area contributed by atoms with Gasteiger partial charge in [0.05, 0.1) is 10.8 Å². The third kappa shape index (κ3) is 2.34. The number of aromatic nitrogens is 4. The molecule has 96 valence electrons. The van der Waals surface area contributed by atoms with Crippen LogP contribution in [0.3, 0.4) is 0 Å². The van der Waals surface area contributed by atoms with Crippen LogP contribution in [0.15, 0.2) is 0 Å². The molecule has 0 unspecified atom stereocenters. The molecule has 0 atom stereocenters. The third-order valence-corrected chi connectivity index (χ3v) is 5.74. The summed E-state index contributed by atoms with van der Waals surface area (Å²) in [4.78, 5) is 0. The summed E-state index contributed by atoms with van der Waals surface area (Å²) in [6.45, 7) is 5.08. The standard InChI is InChI=1S/C10H18N4O2S/c1-10(2,3)17(15,16)7-9-11-12-13-14(9)8-5-4-6-8/h8H,4-7H2,1-3H3. The molecular weight excluding hydrogens is 240 g/mol. The van der Waals surface area contributed by atoms with E-state index in [1.165, 1.54) is 0 Å². The Morgan fingerprint density at radius 1 is 1.35 bits per heavy atom. The molecule has 0 spiro atoms. The minimum atomic E-state index is -3.22. The molecule has 1 saturated carbocycles. The molecule has 0 radical (unpaired) electrons. The van der Waals surface area contributed by atoms with E-state index in [0.29, 0.717) is 5.82 Å². The van der Waals surface area contributed by atoms with Gasteiger partial charge in [0, 0.05) is 0 Å². The van der Waals surface area contributed by atoms with Gasteiger partial charge in [0.1, 0.15) is 5.75 Å². The monoisotopic (exact) mass is 258 g/mol. The maximum absolute atomic E-state index is 12.1. The Bertz CT molecular complexity index is 497. The van der Waals surface area contributed by atoms with E-state index in [-0.39, 0.29) is 11.8 Å². The Balaban J connectivity index is 2.22. The van der Waals surface area contributed by atoms with E-state index in [4.69, 9.17) is 0 Å². The minimum absolute atomic E-state index is 0.0833. The molecule has 0 amide bonds. The zero-order valence-electron chi connectivity index (χ0n) is 10.4. The van der Waals surface area contributed by atoms with Crippen molar-refractivity contribution in [1.29, 1.82) is 0 Å². The van der Waals surface area contributed by atoms with Gasteiger partial charge >= 0.3 is 0 Å². The Morgan fingerprint density at radius 3 is 2.47 bits per heavy atom. The zero-order valence-corrected chi connectivity index (χ0v) is 11.2. The third-order valence-electron chi connectivity index (χ3n) is 3.23. The second kappa shape index (κ2) is 4.04. The topological polar surface area (TPSA) is 77.7 Å². The molecule has 1 heterocycles. The molecule has 1 fully saturated rings. The molecule has 0 aromatic carbocycles. The van der Waals surface area contributed by atoms with Crippen molar-refractivity contribution in [3.63, 3.8) is 0 Å². The van der Waals surface area contributed by atoms with Crippen molar-refractivity contribution in [2.75, 3.05) is 0 Å².